The lowest BCUT2D eigenvalue weighted by atomic mass is 10.1. The predicted molar refractivity (Wildman–Crippen MR) is 78.4 cm³/mol. The van der Waals surface area contributed by atoms with E-state index in [0.717, 1.165) is 36.4 Å². The number of halogens is 1. The number of rotatable bonds is 4. The van der Waals surface area contributed by atoms with Crippen LogP contribution >= 0.6 is 11.6 Å². The van der Waals surface area contributed by atoms with Gasteiger partial charge in [0.25, 0.3) is 0 Å². The lowest BCUT2D eigenvalue weighted by Gasteiger charge is -2.15. The van der Waals surface area contributed by atoms with Gasteiger partial charge in [0.1, 0.15) is 0 Å². The second kappa shape index (κ2) is 7.51. The molecule has 1 heterocycles. The Morgan fingerprint density at radius 2 is 2.26 bits per heavy atom. The molecule has 3 nitrogen and oxygen atoms in total. The van der Waals surface area contributed by atoms with E-state index < -0.39 is 0 Å². The van der Waals surface area contributed by atoms with Crippen molar-refractivity contribution in [3.8, 4) is 0 Å². The van der Waals surface area contributed by atoms with E-state index in [0.29, 0.717) is 6.54 Å². The molecule has 0 aliphatic carbocycles. The fraction of sp³-hybridized carbons (Fsp3) is 0.533. The second-order valence-electron chi connectivity index (χ2n) is 5.03. The summed E-state index contributed by atoms with van der Waals surface area (Å²) in [5, 5.41) is 7.05. The smallest absolute Gasteiger partial charge is 0.237 e. The molecule has 1 unspecified atom stereocenters. The Kier molecular flexibility index (Phi) is 5.67. The van der Waals surface area contributed by atoms with Gasteiger partial charge in [-0.1, -0.05) is 36.6 Å². The van der Waals surface area contributed by atoms with Crippen LogP contribution in [0.1, 0.15) is 31.2 Å². The van der Waals surface area contributed by atoms with Gasteiger partial charge >= 0.3 is 0 Å². The molecule has 1 amide bonds. The Labute approximate surface area is 119 Å². The SMILES string of the molecule is O=C(NCCc1cccc(Cl)c1)C1CCCCCN1. The van der Waals surface area contributed by atoms with Gasteiger partial charge in [-0.15, -0.1) is 0 Å². The Balaban J connectivity index is 1.74. The van der Waals surface area contributed by atoms with Crippen molar-refractivity contribution in [2.24, 2.45) is 0 Å². The predicted octanol–water partition coefficient (Wildman–Crippen LogP) is 2.53. The number of hydrogen-bond donors (Lipinski definition) is 2. The molecule has 0 aromatic heterocycles. The fourth-order valence-electron chi connectivity index (χ4n) is 2.40. The van der Waals surface area contributed by atoms with Crippen molar-refractivity contribution in [2.45, 2.75) is 38.1 Å². The molecule has 4 heteroatoms. The van der Waals surface area contributed by atoms with Gasteiger partial charge in [0.15, 0.2) is 0 Å². The summed E-state index contributed by atoms with van der Waals surface area (Å²) in [4.78, 5) is 12.0. The monoisotopic (exact) mass is 280 g/mol. The minimum Gasteiger partial charge on any atom is -0.354 e. The van der Waals surface area contributed by atoms with Gasteiger partial charge in [-0.05, 0) is 43.5 Å². The van der Waals surface area contributed by atoms with E-state index in [4.69, 9.17) is 11.6 Å². The molecule has 2 N–H and O–H groups in total. The molecule has 1 saturated heterocycles. The van der Waals surface area contributed by atoms with E-state index in [9.17, 15) is 4.79 Å². The average Bonchev–Trinajstić information content (AvgIpc) is 2.67. The van der Waals surface area contributed by atoms with Crippen molar-refractivity contribution in [1.29, 1.82) is 0 Å². The van der Waals surface area contributed by atoms with Crippen molar-refractivity contribution in [1.82, 2.24) is 10.6 Å². The molecular formula is C15H21ClN2O. The lowest BCUT2D eigenvalue weighted by Crippen LogP contribution is -2.44. The van der Waals surface area contributed by atoms with Crippen LogP contribution < -0.4 is 10.6 Å². The lowest BCUT2D eigenvalue weighted by molar-refractivity contribution is -0.123. The van der Waals surface area contributed by atoms with Crippen molar-refractivity contribution in [3.63, 3.8) is 0 Å². The molecule has 1 aromatic rings. The molecule has 0 bridgehead atoms. The fourth-order valence-corrected chi connectivity index (χ4v) is 2.61. The highest BCUT2D eigenvalue weighted by molar-refractivity contribution is 6.30. The summed E-state index contributed by atoms with van der Waals surface area (Å²) in [6.07, 6.45) is 5.30. The summed E-state index contributed by atoms with van der Waals surface area (Å²) >= 11 is 5.93. The van der Waals surface area contributed by atoms with Gasteiger partial charge in [-0.3, -0.25) is 4.79 Å². The van der Waals surface area contributed by atoms with E-state index in [1.807, 2.05) is 24.3 Å². The van der Waals surface area contributed by atoms with Crippen LogP contribution in [0.4, 0.5) is 0 Å². The highest BCUT2D eigenvalue weighted by Crippen LogP contribution is 2.11. The van der Waals surface area contributed by atoms with Crippen LogP contribution in [0.2, 0.25) is 5.02 Å². The van der Waals surface area contributed by atoms with Crippen LogP contribution in [-0.4, -0.2) is 25.0 Å². The minimum absolute atomic E-state index is 0.0122. The first-order valence-electron chi connectivity index (χ1n) is 7.01. The van der Waals surface area contributed by atoms with Crippen LogP contribution in [0.25, 0.3) is 0 Å². The molecule has 1 aromatic carbocycles. The third-order valence-corrected chi connectivity index (χ3v) is 3.71. The Morgan fingerprint density at radius 3 is 3.11 bits per heavy atom. The molecule has 1 fully saturated rings. The van der Waals surface area contributed by atoms with E-state index >= 15 is 0 Å². The van der Waals surface area contributed by atoms with E-state index in [2.05, 4.69) is 10.6 Å². The molecule has 1 aliphatic rings. The number of carbonyl (C=O) groups excluding carboxylic acids is 1. The van der Waals surface area contributed by atoms with E-state index in [1.54, 1.807) is 0 Å². The summed E-state index contributed by atoms with van der Waals surface area (Å²) < 4.78 is 0. The Hall–Kier alpha value is -1.06. The maximum atomic E-state index is 12.0. The summed E-state index contributed by atoms with van der Waals surface area (Å²) in [6.45, 7) is 1.61. The zero-order valence-electron chi connectivity index (χ0n) is 11.1. The molecule has 0 saturated carbocycles. The third-order valence-electron chi connectivity index (χ3n) is 3.48. The van der Waals surface area contributed by atoms with Gasteiger partial charge in [0.2, 0.25) is 5.91 Å². The highest BCUT2D eigenvalue weighted by Gasteiger charge is 2.18. The maximum absolute atomic E-state index is 12.0. The van der Waals surface area contributed by atoms with Crippen molar-refractivity contribution in [3.05, 3.63) is 34.9 Å². The molecule has 1 aliphatic heterocycles. The van der Waals surface area contributed by atoms with Gasteiger partial charge in [0, 0.05) is 11.6 Å². The number of hydrogen-bond acceptors (Lipinski definition) is 2. The van der Waals surface area contributed by atoms with Gasteiger partial charge in [-0.25, -0.2) is 0 Å². The van der Waals surface area contributed by atoms with Crippen molar-refractivity contribution < 1.29 is 4.79 Å². The zero-order valence-corrected chi connectivity index (χ0v) is 11.9. The van der Waals surface area contributed by atoms with Crippen molar-refractivity contribution in [2.75, 3.05) is 13.1 Å². The molecule has 0 spiro atoms. The second-order valence-corrected chi connectivity index (χ2v) is 5.46. The largest absolute Gasteiger partial charge is 0.354 e. The molecule has 19 heavy (non-hydrogen) atoms. The van der Waals surface area contributed by atoms with Gasteiger partial charge in [-0.2, -0.15) is 0 Å². The minimum atomic E-state index is -0.0122. The van der Waals surface area contributed by atoms with Gasteiger partial charge < -0.3 is 10.6 Å². The number of amides is 1. The maximum Gasteiger partial charge on any atom is 0.237 e. The normalized spacial score (nSPS) is 19.7. The third kappa shape index (κ3) is 4.84. The first-order valence-corrected chi connectivity index (χ1v) is 7.39. The van der Waals surface area contributed by atoms with Crippen LogP contribution in [0.3, 0.4) is 0 Å². The zero-order chi connectivity index (χ0) is 13.5. The Bertz CT molecular complexity index is 414. The molecule has 1 atom stereocenters. The molecule has 0 radical (unpaired) electrons. The summed E-state index contributed by atoms with van der Waals surface area (Å²) in [5.41, 5.74) is 1.15. The standard InChI is InChI=1S/C15H21ClN2O/c16-13-6-4-5-12(11-13)8-10-18-15(19)14-7-2-1-3-9-17-14/h4-6,11,14,17H,1-3,7-10H2,(H,18,19). The average molecular weight is 281 g/mol. The number of benzene rings is 1. The first kappa shape index (κ1) is 14.4. The van der Waals surface area contributed by atoms with Crippen LogP contribution in [0, 0.1) is 0 Å². The number of nitrogens with one attached hydrogen (secondary N) is 2. The van der Waals surface area contributed by atoms with Crippen LogP contribution in [0.15, 0.2) is 24.3 Å². The molecule has 2 rings (SSSR count). The summed E-state index contributed by atoms with van der Waals surface area (Å²) in [6, 6.07) is 7.76. The summed E-state index contributed by atoms with van der Waals surface area (Å²) in [5.74, 6) is 0.129. The van der Waals surface area contributed by atoms with Gasteiger partial charge in [0.05, 0.1) is 6.04 Å². The van der Waals surface area contributed by atoms with E-state index in [1.165, 1.54) is 12.8 Å². The van der Waals surface area contributed by atoms with E-state index in [-0.39, 0.29) is 11.9 Å². The molecule has 104 valence electrons. The number of carbonyl (C=O) groups is 1. The van der Waals surface area contributed by atoms with Crippen LogP contribution in [0.5, 0.6) is 0 Å². The first-order chi connectivity index (χ1) is 9.25. The Morgan fingerprint density at radius 1 is 1.37 bits per heavy atom. The summed E-state index contributed by atoms with van der Waals surface area (Å²) in [7, 11) is 0. The van der Waals surface area contributed by atoms with Crippen LogP contribution in [-0.2, 0) is 11.2 Å². The van der Waals surface area contributed by atoms with Crippen molar-refractivity contribution >= 4 is 17.5 Å². The quantitative estimate of drug-likeness (QED) is 0.890. The topological polar surface area (TPSA) is 41.1 Å². The highest BCUT2D eigenvalue weighted by atomic mass is 35.5. The molecular weight excluding hydrogens is 260 g/mol.